The molecule has 0 aliphatic carbocycles. The predicted octanol–water partition coefficient (Wildman–Crippen LogP) is 3.67. The van der Waals surface area contributed by atoms with E-state index >= 15 is 0 Å². The second-order valence-corrected chi connectivity index (χ2v) is 6.99. The van der Waals surface area contributed by atoms with E-state index in [9.17, 15) is 9.59 Å². The van der Waals surface area contributed by atoms with Crippen LogP contribution in [0, 0.1) is 5.92 Å². The molecule has 0 radical (unpaired) electrons. The van der Waals surface area contributed by atoms with Gasteiger partial charge in [-0.1, -0.05) is 41.9 Å². The molecule has 0 spiro atoms. The molecule has 2 heterocycles. The Balaban J connectivity index is 1.57. The van der Waals surface area contributed by atoms with Crippen molar-refractivity contribution in [2.24, 2.45) is 5.92 Å². The Hall–Kier alpha value is -2.33. The van der Waals surface area contributed by atoms with Crippen molar-refractivity contribution < 1.29 is 9.59 Å². The summed E-state index contributed by atoms with van der Waals surface area (Å²) in [4.78, 5) is 29.0. The van der Waals surface area contributed by atoms with Crippen LogP contribution >= 0.6 is 11.6 Å². The van der Waals surface area contributed by atoms with E-state index in [1.165, 1.54) is 5.56 Å². The molecule has 4 rings (SSSR count). The Kier molecular flexibility index (Phi) is 4.22. The van der Waals surface area contributed by atoms with Crippen molar-refractivity contribution in [3.05, 3.63) is 59.1 Å². The quantitative estimate of drug-likeness (QED) is 0.825. The van der Waals surface area contributed by atoms with Crippen molar-refractivity contribution in [2.45, 2.75) is 19.3 Å². The molecule has 1 saturated heterocycles. The lowest BCUT2D eigenvalue weighted by atomic mass is 9.99. The van der Waals surface area contributed by atoms with E-state index in [0.717, 1.165) is 18.5 Å². The van der Waals surface area contributed by atoms with Crippen LogP contribution < -0.4 is 9.80 Å². The molecular weight excluding hydrogens is 336 g/mol. The maximum atomic E-state index is 13.1. The van der Waals surface area contributed by atoms with Gasteiger partial charge in [0.2, 0.25) is 11.8 Å². The zero-order chi connectivity index (χ0) is 17.4. The fourth-order valence-electron chi connectivity index (χ4n) is 3.76. The van der Waals surface area contributed by atoms with Crippen LogP contribution in [0.15, 0.2) is 48.5 Å². The molecule has 2 aromatic carbocycles. The van der Waals surface area contributed by atoms with Crippen molar-refractivity contribution >= 4 is 34.8 Å². The van der Waals surface area contributed by atoms with Crippen molar-refractivity contribution in [1.82, 2.24) is 0 Å². The molecule has 0 saturated carbocycles. The van der Waals surface area contributed by atoms with Gasteiger partial charge in [-0.15, -0.1) is 0 Å². The maximum Gasteiger partial charge on any atom is 0.232 e. The van der Waals surface area contributed by atoms with Crippen LogP contribution in [0.25, 0.3) is 0 Å². The van der Waals surface area contributed by atoms with Gasteiger partial charge in [0.15, 0.2) is 0 Å². The third-order valence-corrected chi connectivity index (χ3v) is 5.31. The Morgan fingerprint density at radius 3 is 2.56 bits per heavy atom. The van der Waals surface area contributed by atoms with Crippen molar-refractivity contribution in [1.29, 1.82) is 0 Å². The number of rotatable bonds is 2. The first kappa shape index (κ1) is 16.2. The number of aryl methyl sites for hydroxylation is 1. The molecule has 128 valence electrons. The lowest BCUT2D eigenvalue weighted by Gasteiger charge is -2.31. The number of fused-ring (bicyclic) bond motifs is 1. The number of hydrogen-bond acceptors (Lipinski definition) is 2. The second kappa shape index (κ2) is 6.52. The van der Waals surface area contributed by atoms with Gasteiger partial charge in [-0.2, -0.15) is 0 Å². The van der Waals surface area contributed by atoms with Crippen LogP contribution in [0.4, 0.5) is 11.4 Å². The first-order valence-corrected chi connectivity index (χ1v) is 8.97. The number of carbonyl (C=O) groups excluding carboxylic acids is 2. The van der Waals surface area contributed by atoms with E-state index in [1.807, 2.05) is 41.3 Å². The summed E-state index contributed by atoms with van der Waals surface area (Å²) < 4.78 is 0. The number of hydrogen-bond donors (Lipinski definition) is 0. The molecule has 1 atom stereocenters. The Morgan fingerprint density at radius 1 is 1.04 bits per heavy atom. The van der Waals surface area contributed by atoms with E-state index < -0.39 is 0 Å². The summed E-state index contributed by atoms with van der Waals surface area (Å²) >= 11 is 6.22. The fourth-order valence-corrected chi connectivity index (χ4v) is 4.00. The summed E-state index contributed by atoms with van der Waals surface area (Å²) in [7, 11) is 0. The van der Waals surface area contributed by atoms with Crippen LogP contribution in [0.2, 0.25) is 5.02 Å². The summed E-state index contributed by atoms with van der Waals surface area (Å²) in [6, 6.07) is 15.3. The molecule has 4 nitrogen and oxygen atoms in total. The summed E-state index contributed by atoms with van der Waals surface area (Å²) in [6.07, 6.45) is 2.19. The number of halogens is 1. The second-order valence-electron chi connectivity index (χ2n) is 6.58. The first-order chi connectivity index (χ1) is 12.1. The zero-order valence-corrected chi connectivity index (χ0v) is 14.6. The summed E-state index contributed by atoms with van der Waals surface area (Å²) in [6.45, 7) is 1.10. The fraction of sp³-hybridized carbons (Fsp3) is 0.300. The SMILES string of the molecule is O=C1C[C@H](C(=O)N2CCCc3ccccc32)CN1c1ccccc1Cl. The average molecular weight is 355 g/mol. The van der Waals surface area contributed by atoms with Gasteiger partial charge in [0.1, 0.15) is 0 Å². The molecule has 2 aliphatic heterocycles. The van der Waals surface area contributed by atoms with Crippen LogP contribution in [0.5, 0.6) is 0 Å². The Bertz CT molecular complexity index is 836. The molecular formula is C20H19ClN2O2. The maximum absolute atomic E-state index is 13.1. The normalized spacial score (nSPS) is 19.9. The van der Waals surface area contributed by atoms with Crippen LogP contribution in [-0.2, 0) is 16.0 Å². The van der Waals surface area contributed by atoms with Gasteiger partial charge in [-0.3, -0.25) is 9.59 Å². The third-order valence-electron chi connectivity index (χ3n) is 4.99. The summed E-state index contributed by atoms with van der Waals surface area (Å²) in [5, 5.41) is 0.535. The van der Waals surface area contributed by atoms with Crippen molar-refractivity contribution in [2.75, 3.05) is 22.9 Å². The van der Waals surface area contributed by atoms with Gasteiger partial charge in [0, 0.05) is 25.2 Å². The van der Waals surface area contributed by atoms with Gasteiger partial charge in [-0.25, -0.2) is 0 Å². The van der Waals surface area contributed by atoms with E-state index in [1.54, 1.807) is 11.0 Å². The number of carbonyl (C=O) groups is 2. The van der Waals surface area contributed by atoms with E-state index in [2.05, 4.69) is 6.07 Å². The molecule has 5 heteroatoms. The molecule has 0 aromatic heterocycles. The van der Waals surface area contributed by atoms with Gasteiger partial charge < -0.3 is 9.80 Å². The van der Waals surface area contributed by atoms with Crippen molar-refractivity contribution in [3.63, 3.8) is 0 Å². The molecule has 2 aliphatic rings. The number of nitrogens with zero attached hydrogens (tertiary/aromatic N) is 2. The minimum atomic E-state index is -0.324. The van der Waals surface area contributed by atoms with Crippen molar-refractivity contribution in [3.8, 4) is 0 Å². The molecule has 0 bridgehead atoms. The average Bonchev–Trinajstić information content (AvgIpc) is 3.02. The van der Waals surface area contributed by atoms with Gasteiger partial charge >= 0.3 is 0 Å². The molecule has 2 amide bonds. The third kappa shape index (κ3) is 2.91. The minimum Gasteiger partial charge on any atom is -0.312 e. The van der Waals surface area contributed by atoms with Gasteiger partial charge in [-0.05, 0) is 36.6 Å². The Labute approximate surface area is 152 Å². The van der Waals surface area contributed by atoms with Gasteiger partial charge in [0.05, 0.1) is 16.6 Å². The Morgan fingerprint density at radius 2 is 1.76 bits per heavy atom. The zero-order valence-electron chi connectivity index (χ0n) is 13.8. The highest BCUT2D eigenvalue weighted by Crippen LogP contribution is 2.34. The molecule has 25 heavy (non-hydrogen) atoms. The highest BCUT2D eigenvalue weighted by atomic mass is 35.5. The largest absolute Gasteiger partial charge is 0.312 e. The highest BCUT2D eigenvalue weighted by molar-refractivity contribution is 6.33. The van der Waals surface area contributed by atoms with Crippen LogP contribution in [0.3, 0.4) is 0 Å². The lowest BCUT2D eigenvalue weighted by Crippen LogP contribution is -2.40. The summed E-state index contributed by atoms with van der Waals surface area (Å²) in [5.74, 6) is -0.332. The number of amides is 2. The summed E-state index contributed by atoms with van der Waals surface area (Å²) in [5.41, 5.74) is 2.88. The first-order valence-electron chi connectivity index (χ1n) is 8.59. The number of para-hydroxylation sites is 2. The standard InChI is InChI=1S/C20H19ClN2O2/c21-16-8-2-4-10-18(16)23-13-15(12-19(23)24)20(25)22-11-5-7-14-6-1-3-9-17(14)22/h1-4,6,8-10,15H,5,7,11-13H2/t15-/m0/s1. The molecule has 1 fully saturated rings. The predicted molar refractivity (Wildman–Crippen MR) is 99.0 cm³/mol. The number of anilines is 2. The topological polar surface area (TPSA) is 40.6 Å². The highest BCUT2D eigenvalue weighted by Gasteiger charge is 2.38. The van der Waals surface area contributed by atoms with Crippen LogP contribution in [0.1, 0.15) is 18.4 Å². The lowest BCUT2D eigenvalue weighted by molar-refractivity contribution is -0.124. The molecule has 0 unspecified atom stereocenters. The van der Waals surface area contributed by atoms with Crippen LogP contribution in [-0.4, -0.2) is 24.9 Å². The van der Waals surface area contributed by atoms with E-state index in [0.29, 0.717) is 23.8 Å². The molecule has 2 aromatic rings. The van der Waals surface area contributed by atoms with E-state index in [-0.39, 0.29) is 24.2 Å². The van der Waals surface area contributed by atoms with Gasteiger partial charge in [0.25, 0.3) is 0 Å². The van der Waals surface area contributed by atoms with E-state index in [4.69, 9.17) is 11.6 Å². The minimum absolute atomic E-state index is 0.0371. The molecule has 0 N–H and O–H groups in total. The number of benzene rings is 2. The smallest absolute Gasteiger partial charge is 0.232 e. The monoisotopic (exact) mass is 354 g/mol.